The third-order valence-corrected chi connectivity index (χ3v) is 3.01. The molecule has 0 spiro atoms. The van der Waals surface area contributed by atoms with Gasteiger partial charge in [0.15, 0.2) is 0 Å². The fraction of sp³-hybridized carbons (Fsp3) is 0.250. The van der Waals surface area contributed by atoms with E-state index in [2.05, 4.69) is 10.2 Å². The fourth-order valence-corrected chi connectivity index (χ4v) is 1.73. The topological polar surface area (TPSA) is 69.4 Å². The van der Waals surface area contributed by atoms with Crippen molar-refractivity contribution >= 4 is 10.1 Å². The Hall–Kier alpha value is -1.12. The maximum absolute atomic E-state index is 12.5. The fourth-order valence-electron chi connectivity index (χ4n) is 1.12. The second-order valence-electron chi connectivity index (χ2n) is 3.02. The minimum Gasteiger partial charge on any atom is -0.197 e. The lowest BCUT2D eigenvalue weighted by Crippen LogP contribution is -2.14. The number of halogens is 3. The molecule has 0 saturated heterocycles. The average Bonchev–Trinajstić information content (AvgIpc) is 2.16. The molecule has 1 rings (SSSR count). The van der Waals surface area contributed by atoms with Crippen LogP contribution in [-0.4, -0.2) is 8.42 Å². The van der Waals surface area contributed by atoms with Crippen LogP contribution in [0.4, 0.5) is 13.2 Å². The van der Waals surface area contributed by atoms with E-state index >= 15 is 0 Å². The molecule has 0 fully saturated rings. The van der Waals surface area contributed by atoms with Crippen LogP contribution in [0, 0.1) is 6.92 Å². The van der Waals surface area contributed by atoms with Gasteiger partial charge in [-0.05, 0) is 24.6 Å². The Bertz CT molecular complexity index is 496. The Morgan fingerprint density at radius 1 is 1.31 bits per heavy atom. The molecule has 0 bridgehead atoms. The molecule has 90 valence electrons. The lowest BCUT2D eigenvalue weighted by Gasteiger charge is -2.11. The summed E-state index contributed by atoms with van der Waals surface area (Å²) < 4.78 is 63.2. The van der Waals surface area contributed by atoms with Crippen LogP contribution in [0.25, 0.3) is 0 Å². The minimum atomic E-state index is -4.62. The van der Waals surface area contributed by atoms with E-state index in [1.165, 1.54) is 6.92 Å². The van der Waals surface area contributed by atoms with Crippen LogP contribution in [0.1, 0.15) is 11.1 Å². The van der Waals surface area contributed by atoms with E-state index < -0.39 is 26.8 Å². The molecule has 0 heterocycles. The summed E-state index contributed by atoms with van der Waals surface area (Å²) in [5, 5.41) is 0. The van der Waals surface area contributed by atoms with Gasteiger partial charge in [0, 0.05) is 0 Å². The van der Waals surface area contributed by atoms with E-state index in [4.69, 9.17) is 0 Å². The Labute approximate surface area is 89.9 Å². The first kappa shape index (κ1) is 12.9. The van der Waals surface area contributed by atoms with Crippen molar-refractivity contribution in [3.63, 3.8) is 0 Å². The number of aryl methyl sites for hydroxylation is 1. The smallest absolute Gasteiger partial charge is 0.197 e. The maximum Gasteiger partial charge on any atom is 0.416 e. The molecule has 8 heteroatoms. The number of benzene rings is 1. The van der Waals surface area contributed by atoms with E-state index in [1.807, 2.05) is 0 Å². The highest BCUT2D eigenvalue weighted by Gasteiger charge is 2.33. The van der Waals surface area contributed by atoms with Gasteiger partial charge in [0.05, 0.1) is 10.5 Å². The Kier molecular flexibility index (Phi) is 3.27. The minimum absolute atomic E-state index is 0.0801. The first-order chi connectivity index (χ1) is 7.18. The molecular formula is C8H8F3NO3S. The van der Waals surface area contributed by atoms with Crippen LogP contribution < -0.4 is 5.90 Å². The lowest BCUT2D eigenvalue weighted by molar-refractivity contribution is -0.138. The number of nitrogens with two attached hydrogens (primary N) is 1. The van der Waals surface area contributed by atoms with Crippen LogP contribution in [-0.2, 0) is 20.6 Å². The summed E-state index contributed by atoms with van der Waals surface area (Å²) in [6, 6.07) is 2.51. The largest absolute Gasteiger partial charge is 0.416 e. The SMILES string of the molecule is Cc1ccc(S(=O)(=O)ON)cc1C(F)(F)F. The third kappa shape index (κ3) is 2.52. The molecule has 0 aliphatic heterocycles. The zero-order valence-corrected chi connectivity index (χ0v) is 8.89. The molecule has 1 aromatic rings. The molecule has 4 nitrogen and oxygen atoms in total. The summed E-state index contributed by atoms with van der Waals surface area (Å²) in [5.41, 5.74) is -1.12. The Morgan fingerprint density at radius 3 is 2.31 bits per heavy atom. The van der Waals surface area contributed by atoms with Crippen LogP contribution in [0.5, 0.6) is 0 Å². The van der Waals surface area contributed by atoms with Gasteiger partial charge in [-0.2, -0.15) is 31.8 Å². The highest BCUT2D eigenvalue weighted by molar-refractivity contribution is 7.86. The molecule has 0 saturated carbocycles. The normalized spacial score (nSPS) is 12.8. The zero-order chi connectivity index (χ0) is 12.6. The molecule has 0 amide bonds. The van der Waals surface area contributed by atoms with E-state index in [1.54, 1.807) is 0 Å². The third-order valence-electron chi connectivity index (χ3n) is 1.93. The van der Waals surface area contributed by atoms with E-state index in [0.29, 0.717) is 6.07 Å². The summed E-state index contributed by atoms with van der Waals surface area (Å²) >= 11 is 0. The summed E-state index contributed by atoms with van der Waals surface area (Å²) in [5.74, 6) is 4.47. The molecule has 2 N–H and O–H groups in total. The van der Waals surface area contributed by atoms with Crippen molar-refractivity contribution in [1.82, 2.24) is 0 Å². The molecular weight excluding hydrogens is 247 g/mol. The van der Waals surface area contributed by atoms with Crippen molar-refractivity contribution in [1.29, 1.82) is 0 Å². The quantitative estimate of drug-likeness (QED) is 0.815. The summed E-state index contributed by atoms with van der Waals surface area (Å²) in [4.78, 5) is -0.632. The van der Waals surface area contributed by atoms with E-state index in [0.717, 1.165) is 12.1 Å². The van der Waals surface area contributed by atoms with Crippen LogP contribution in [0.3, 0.4) is 0 Å². The monoisotopic (exact) mass is 255 g/mol. The van der Waals surface area contributed by atoms with Gasteiger partial charge >= 0.3 is 16.3 Å². The van der Waals surface area contributed by atoms with Gasteiger partial charge in [0.1, 0.15) is 0 Å². The van der Waals surface area contributed by atoms with E-state index in [9.17, 15) is 21.6 Å². The van der Waals surface area contributed by atoms with Crippen molar-refractivity contribution in [2.45, 2.75) is 18.0 Å². The summed E-state index contributed by atoms with van der Waals surface area (Å²) in [7, 11) is -4.32. The molecule has 0 aromatic heterocycles. The second kappa shape index (κ2) is 4.04. The summed E-state index contributed by atoms with van der Waals surface area (Å²) in [6.07, 6.45) is -4.62. The molecule has 0 aliphatic rings. The second-order valence-corrected chi connectivity index (χ2v) is 4.60. The molecule has 0 unspecified atom stereocenters. The Morgan fingerprint density at radius 2 is 1.88 bits per heavy atom. The van der Waals surface area contributed by atoms with Crippen LogP contribution >= 0.6 is 0 Å². The Balaban J connectivity index is 3.40. The first-order valence-electron chi connectivity index (χ1n) is 3.99. The van der Waals surface area contributed by atoms with Gasteiger partial charge in [-0.15, -0.1) is 0 Å². The van der Waals surface area contributed by atoms with Gasteiger partial charge in [0.2, 0.25) is 0 Å². The molecule has 1 aromatic carbocycles. The first-order valence-corrected chi connectivity index (χ1v) is 5.40. The van der Waals surface area contributed by atoms with Crippen molar-refractivity contribution in [3.05, 3.63) is 29.3 Å². The van der Waals surface area contributed by atoms with Crippen LogP contribution in [0.2, 0.25) is 0 Å². The zero-order valence-electron chi connectivity index (χ0n) is 8.08. The molecule has 0 aliphatic carbocycles. The van der Waals surface area contributed by atoms with Crippen molar-refractivity contribution in [2.75, 3.05) is 0 Å². The number of hydrogen-bond donors (Lipinski definition) is 1. The number of rotatable bonds is 2. The number of hydrogen-bond acceptors (Lipinski definition) is 4. The predicted octanol–water partition coefficient (Wildman–Crippen LogP) is 1.59. The van der Waals surface area contributed by atoms with Crippen LogP contribution in [0.15, 0.2) is 23.1 Å². The highest BCUT2D eigenvalue weighted by Crippen LogP contribution is 2.33. The molecule has 0 atom stereocenters. The summed E-state index contributed by atoms with van der Waals surface area (Å²) in [6.45, 7) is 1.22. The van der Waals surface area contributed by atoms with E-state index in [-0.39, 0.29) is 5.56 Å². The van der Waals surface area contributed by atoms with Gasteiger partial charge in [-0.3, -0.25) is 0 Å². The van der Waals surface area contributed by atoms with Gasteiger partial charge in [-0.1, -0.05) is 6.07 Å². The van der Waals surface area contributed by atoms with Gasteiger partial charge in [-0.25, -0.2) is 0 Å². The maximum atomic E-state index is 12.5. The van der Waals surface area contributed by atoms with Crippen molar-refractivity contribution in [3.8, 4) is 0 Å². The van der Waals surface area contributed by atoms with Crippen molar-refractivity contribution < 1.29 is 25.9 Å². The lowest BCUT2D eigenvalue weighted by atomic mass is 10.1. The highest BCUT2D eigenvalue weighted by atomic mass is 32.2. The standard InChI is InChI=1S/C8H8F3NO3S/c1-5-2-3-6(16(13,14)15-12)4-7(5)8(9,10)11/h2-4H,12H2,1H3. The van der Waals surface area contributed by atoms with Gasteiger partial charge in [0.25, 0.3) is 0 Å². The molecule has 0 radical (unpaired) electrons. The van der Waals surface area contributed by atoms with Gasteiger partial charge < -0.3 is 0 Å². The average molecular weight is 255 g/mol. The molecule has 16 heavy (non-hydrogen) atoms. The van der Waals surface area contributed by atoms with Crippen molar-refractivity contribution in [2.24, 2.45) is 5.90 Å². The predicted molar refractivity (Wildman–Crippen MR) is 48.6 cm³/mol. The number of alkyl halides is 3.